The third kappa shape index (κ3) is 3.15. The van der Waals surface area contributed by atoms with Gasteiger partial charge in [-0.05, 0) is 30.7 Å². The van der Waals surface area contributed by atoms with Crippen molar-refractivity contribution >= 4 is 0 Å². The first-order valence-corrected chi connectivity index (χ1v) is 5.41. The molecule has 1 aromatic carbocycles. The van der Waals surface area contributed by atoms with Gasteiger partial charge in [0.25, 0.3) is 0 Å². The fourth-order valence-corrected chi connectivity index (χ4v) is 1.32. The molecule has 4 heteroatoms. The molecule has 0 unspecified atom stereocenters. The molecule has 0 aliphatic rings. The molecule has 0 aliphatic heterocycles. The van der Waals surface area contributed by atoms with Crippen molar-refractivity contribution in [3.63, 3.8) is 0 Å². The monoisotopic (exact) mass is 231 g/mol. The Balaban J connectivity index is 0.000000686. The number of hydrogen-bond donors (Lipinski definition) is 0. The molecular formula is C13H14FN3. The van der Waals surface area contributed by atoms with E-state index in [1.807, 2.05) is 26.8 Å². The highest BCUT2D eigenvalue weighted by atomic mass is 19.1. The van der Waals surface area contributed by atoms with Gasteiger partial charge in [0.1, 0.15) is 5.82 Å². The van der Waals surface area contributed by atoms with E-state index in [-0.39, 0.29) is 5.56 Å². The Hall–Kier alpha value is -2.15. The van der Waals surface area contributed by atoms with Gasteiger partial charge in [0.05, 0.1) is 23.5 Å². The molecule has 0 spiro atoms. The highest BCUT2D eigenvalue weighted by molar-refractivity contribution is 5.41. The van der Waals surface area contributed by atoms with Gasteiger partial charge in [0, 0.05) is 6.20 Å². The van der Waals surface area contributed by atoms with Gasteiger partial charge in [-0.15, -0.1) is 0 Å². The van der Waals surface area contributed by atoms with Gasteiger partial charge in [-0.2, -0.15) is 10.4 Å². The maximum absolute atomic E-state index is 13.1. The second kappa shape index (κ2) is 5.80. The summed E-state index contributed by atoms with van der Waals surface area (Å²) in [4.78, 5) is 0. The Bertz CT molecular complexity index is 538. The summed E-state index contributed by atoms with van der Waals surface area (Å²) < 4.78 is 14.7. The molecule has 1 aromatic heterocycles. The molecule has 0 aliphatic carbocycles. The van der Waals surface area contributed by atoms with Gasteiger partial charge in [0.2, 0.25) is 0 Å². The molecule has 2 aromatic rings. The van der Waals surface area contributed by atoms with E-state index in [4.69, 9.17) is 5.26 Å². The van der Waals surface area contributed by atoms with Gasteiger partial charge in [0.15, 0.2) is 0 Å². The van der Waals surface area contributed by atoms with Crippen LogP contribution in [-0.2, 0) is 0 Å². The quantitative estimate of drug-likeness (QED) is 0.756. The number of nitrogens with zero attached hydrogens (tertiary/aromatic N) is 3. The summed E-state index contributed by atoms with van der Waals surface area (Å²) in [5.41, 5.74) is 1.83. The molecule has 0 amide bonds. The SMILES string of the molecule is CC.Cc1cnn(-c2cc(F)cc(C#N)c2)c1. The standard InChI is InChI=1S/C11H8FN3.C2H6/c1-8-6-14-15(7-8)11-3-9(5-13)2-10(12)4-11;1-2/h2-4,6-7H,1H3;1-2H3. The van der Waals surface area contributed by atoms with Crippen molar-refractivity contribution in [2.45, 2.75) is 20.8 Å². The Morgan fingerprint density at radius 2 is 2.00 bits per heavy atom. The molecule has 0 fully saturated rings. The smallest absolute Gasteiger partial charge is 0.126 e. The average Bonchev–Trinajstić information content (AvgIpc) is 2.78. The average molecular weight is 231 g/mol. The summed E-state index contributed by atoms with van der Waals surface area (Å²) in [6.07, 6.45) is 3.45. The lowest BCUT2D eigenvalue weighted by Crippen LogP contribution is -1.95. The molecule has 0 bridgehead atoms. The van der Waals surface area contributed by atoms with Crippen molar-refractivity contribution in [1.82, 2.24) is 9.78 Å². The second-order valence-corrected chi connectivity index (χ2v) is 3.27. The lowest BCUT2D eigenvalue weighted by molar-refractivity contribution is 0.625. The third-order valence-corrected chi connectivity index (χ3v) is 1.99. The molecule has 0 saturated carbocycles. The van der Waals surface area contributed by atoms with E-state index < -0.39 is 5.82 Å². The van der Waals surface area contributed by atoms with Crippen LogP contribution in [0.1, 0.15) is 25.0 Å². The van der Waals surface area contributed by atoms with Crippen LogP contribution < -0.4 is 0 Å². The summed E-state index contributed by atoms with van der Waals surface area (Å²) >= 11 is 0. The molecule has 0 radical (unpaired) electrons. The molecule has 2 rings (SSSR count). The minimum absolute atomic E-state index is 0.290. The minimum atomic E-state index is -0.433. The first-order valence-electron chi connectivity index (χ1n) is 5.41. The molecule has 17 heavy (non-hydrogen) atoms. The summed E-state index contributed by atoms with van der Waals surface area (Å²) in [6.45, 7) is 5.90. The summed E-state index contributed by atoms with van der Waals surface area (Å²) in [6, 6.07) is 6.03. The number of aromatic nitrogens is 2. The highest BCUT2D eigenvalue weighted by Crippen LogP contribution is 2.12. The Labute approximate surface area is 100 Å². The van der Waals surface area contributed by atoms with Gasteiger partial charge in [-0.1, -0.05) is 13.8 Å². The van der Waals surface area contributed by atoms with Crippen molar-refractivity contribution < 1.29 is 4.39 Å². The Morgan fingerprint density at radius 3 is 2.53 bits per heavy atom. The van der Waals surface area contributed by atoms with Crippen LogP contribution in [0.25, 0.3) is 5.69 Å². The van der Waals surface area contributed by atoms with E-state index in [2.05, 4.69) is 5.10 Å². The van der Waals surface area contributed by atoms with Crippen LogP contribution in [0.3, 0.4) is 0 Å². The number of aryl methyl sites for hydroxylation is 1. The maximum atomic E-state index is 13.1. The molecule has 3 nitrogen and oxygen atoms in total. The van der Waals surface area contributed by atoms with E-state index in [1.54, 1.807) is 23.1 Å². The highest BCUT2D eigenvalue weighted by Gasteiger charge is 2.03. The van der Waals surface area contributed by atoms with Gasteiger partial charge < -0.3 is 0 Å². The first-order chi connectivity index (χ1) is 8.19. The van der Waals surface area contributed by atoms with Crippen LogP contribution >= 0.6 is 0 Å². The van der Waals surface area contributed by atoms with Crippen molar-refractivity contribution in [3.8, 4) is 11.8 Å². The topological polar surface area (TPSA) is 41.6 Å². The van der Waals surface area contributed by atoms with E-state index >= 15 is 0 Å². The van der Waals surface area contributed by atoms with Crippen LogP contribution in [0.2, 0.25) is 0 Å². The van der Waals surface area contributed by atoms with Crippen LogP contribution in [0.4, 0.5) is 4.39 Å². The Morgan fingerprint density at radius 1 is 1.29 bits per heavy atom. The third-order valence-electron chi connectivity index (χ3n) is 1.99. The van der Waals surface area contributed by atoms with Crippen LogP contribution in [0.15, 0.2) is 30.6 Å². The molecule has 0 N–H and O–H groups in total. The molecule has 0 atom stereocenters. The number of benzene rings is 1. The maximum Gasteiger partial charge on any atom is 0.126 e. The minimum Gasteiger partial charge on any atom is -0.241 e. The lowest BCUT2D eigenvalue weighted by Gasteiger charge is -2.01. The summed E-state index contributed by atoms with van der Waals surface area (Å²) in [5.74, 6) is -0.433. The number of halogens is 1. The van der Waals surface area contributed by atoms with Gasteiger partial charge in [-0.3, -0.25) is 0 Å². The number of nitriles is 1. The van der Waals surface area contributed by atoms with Crippen LogP contribution in [-0.4, -0.2) is 9.78 Å². The van der Waals surface area contributed by atoms with Crippen molar-refractivity contribution in [3.05, 3.63) is 47.5 Å². The predicted octanol–water partition coefficient (Wildman–Crippen LogP) is 3.22. The summed E-state index contributed by atoms with van der Waals surface area (Å²) in [7, 11) is 0. The van der Waals surface area contributed by atoms with E-state index in [0.717, 1.165) is 5.56 Å². The van der Waals surface area contributed by atoms with Crippen molar-refractivity contribution in [1.29, 1.82) is 5.26 Å². The van der Waals surface area contributed by atoms with Crippen molar-refractivity contribution in [2.75, 3.05) is 0 Å². The number of hydrogen-bond acceptors (Lipinski definition) is 2. The lowest BCUT2D eigenvalue weighted by atomic mass is 10.2. The predicted molar refractivity (Wildman–Crippen MR) is 64.3 cm³/mol. The van der Waals surface area contributed by atoms with Gasteiger partial charge >= 0.3 is 0 Å². The summed E-state index contributed by atoms with van der Waals surface area (Å²) in [5, 5.41) is 12.7. The zero-order chi connectivity index (χ0) is 12.8. The zero-order valence-electron chi connectivity index (χ0n) is 10.1. The normalized spacial score (nSPS) is 9.12. The molecule has 1 heterocycles. The molecule has 0 saturated heterocycles. The van der Waals surface area contributed by atoms with Crippen molar-refractivity contribution in [2.24, 2.45) is 0 Å². The Kier molecular flexibility index (Phi) is 4.41. The van der Waals surface area contributed by atoms with E-state index in [0.29, 0.717) is 5.69 Å². The van der Waals surface area contributed by atoms with E-state index in [9.17, 15) is 4.39 Å². The van der Waals surface area contributed by atoms with E-state index in [1.165, 1.54) is 12.1 Å². The fraction of sp³-hybridized carbons (Fsp3) is 0.231. The largest absolute Gasteiger partial charge is 0.241 e. The molecular weight excluding hydrogens is 217 g/mol. The fourth-order valence-electron chi connectivity index (χ4n) is 1.32. The van der Waals surface area contributed by atoms with Crippen LogP contribution in [0, 0.1) is 24.1 Å². The number of rotatable bonds is 1. The van der Waals surface area contributed by atoms with Crippen LogP contribution in [0.5, 0.6) is 0 Å². The van der Waals surface area contributed by atoms with Gasteiger partial charge in [-0.25, -0.2) is 9.07 Å². The zero-order valence-corrected chi connectivity index (χ0v) is 10.1. The second-order valence-electron chi connectivity index (χ2n) is 3.27. The first kappa shape index (κ1) is 12.9. The molecule has 88 valence electrons.